The zero-order valence-corrected chi connectivity index (χ0v) is 16.1. The highest BCUT2D eigenvalue weighted by atomic mass is 35.5. The molecule has 1 fully saturated rings. The normalized spacial score (nSPS) is 22.4. The predicted molar refractivity (Wildman–Crippen MR) is 113 cm³/mol. The number of hydrogen-bond donors (Lipinski definition) is 2. The summed E-state index contributed by atoms with van der Waals surface area (Å²) >= 11 is 0. The second-order valence-electron chi connectivity index (χ2n) is 7.19. The third-order valence-corrected chi connectivity index (χ3v) is 5.35. The van der Waals surface area contributed by atoms with Crippen LogP contribution in [0.15, 0.2) is 66.7 Å². The number of ether oxygens (including phenoxy) is 1. The molecule has 0 spiro atoms. The summed E-state index contributed by atoms with van der Waals surface area (Å²) in [6, 6.07) is 23.2. The maximum Gasteiger partial charge on any atom is 0.0952 e. The minimum atomic E-state index is -0.555. The van der Waals surface area contributed by atoms with E-state index in [4.69, 9.17) is 10.5 Å². The molecule has 3 unspecified atom stereocenters. The molecule has 0 radical (unpaired) electrons. The summed E-state index contributed by atoms with van der Waals surface area (Å²) in [5.74, 6) is 0. The second-order valence-corrected chi connectivity index (χ2v) is 7.19. The number of aliphatic hydroxyl groups excluding tert-OH is 1. The number of halogens is 1. The van der Waals surface area contributed by atoms with Gasteiger partial charge < -0.3 is 15.6 Å². The maximum atomic E-state index is 10.1. The van der Waals surface area contributed by atoms with Crippen molar-refractivity contribution in [3.63, 3.8) is 0 Å². The molecule has 0 saturated heterocycles. The van der Waals surface area contributed by atoms with Crippen LogP contribution in [0.1, 0.15) is 24.8 Å². The Morgan fingerprint density at radius 1 is 0.889 bits per heavy atom. The monoisotopic (exact) mass is 383 g/mol. The Morgan fingerprint density at radius 3 is 2.37 bits per heavy atom. The lowest BCUT2D eigenvalue weighted by Crippen LogP contribution is -2.47. The van der Waals surface area contributed by atoms with Crippen LogP contribution in [0.25, 0.3) is 21.9 Å². The van der Waals surface area contributed by atoms with Crippen molar-refractivity contribution in [3.05, 3.63) is 72.3 Å². The number of nitrogens with two attached hydrogens (primary N) is 1. The molecule has 3 N–H and O–H groups in total. The van der Waals surface area contributed by atoms with Gasteiger partial charge in [0.05, 0.1) is 18.8 Å². The van der Waals surface area contributed by atoms with E-state index in [1.54, 1.807) is 0 Å². The molecule has 4 rings (SSSR count). The summed E-state index contributed by atoms with van der Waals surface area (Å²) in [6.45, 7) is 0.506. The van der Waals surface area contributed by atoms with Gasteiger partial charge in [-0.2, -0.15) is 0 Å². The Labute approximate surface area is 166 Å². The molecule has 1 aliphatic rings. The van der Waals surface area contributed by atoms with Crippen molar-refractivity contribution in [1.82, 2.24) is 0 Å². The molecule has 4 heteroatoms. The van der Waals surface area contributed by atoms with Crippen LogP contribution in [-0.4, -0.2) is 23.4 Å². The minimum Gasteiger partial charge on any atom is -0.389 e. The van der Waals surface area contributed by atoms with E-state index in [0.717, 1.165) is 24.8 Å². The van der Waals surface area contributed by atoms with Gasteiger partial charge in [0.2, 0.25) is 0 Å². The van der Waals surface area contributed by atoms with E-state index in [0.29, 0.717) is 6.61 Å². The van der Waals surface area contributed by atoms with Crippen LogP contribution >= 0.6 is 12.4 Å². The van der Waals surface area contributed by atoms with Gasteiger partial charge in [-0.1, -0.05) is 60.7 Å². The fourth-order valence-corrected chi connectivity index (χ4v) is 3.72. The molecule has 0 bridgehead atoms. The standard InChI is InChI=1S/C23H25NO2.ClH/c24-21-6-3-7-22(23(21)25)26-15-16-8-10-18(11-9-16)20-13-12-17-4-1-2-5-19(17)14-20;/h1-2,4-5,8-14,21-23,25H,3,6-7,15,24H2;1H. The second kappa shape index (κ2) is 8.85. The number of benzene rings is 3. The summed E-state index contributed by atoms with van der Waals surface area (Å²) in [5, 5.41) is 12.6. The summed E-state index contributed by atoms with van der Waals surface area (Å²) in [4.78, 5) is 0. The Kier molecular flexibility index (Phi) is 6.51. The van der Waals surface area contributed by atoms with E-state index < -0.39 is 6.10 Å². The predicted octanol–water partition coefficient (Wildman–Crippen LogP) is 4.69. The summed E-state index contributed by atoms with van der Waals surface area (Å²) in [6.07, 6.45) is 2.06. The van der Waals surface area contributed by atoms with Crippen molar-refractivity contribution in [2.24, 2.45) is 5.73 Å². The highest BCUT2D eigenvalue weighted by molar-refractivity contribution is 5.87. The van der Waals surface area contributed by atoms with Crippen LogP contribution in [0.2, 0.25) is 0 Å². The van der Waals surface area contributed by atoms with E-state index in [-0.39, 0.29) is 24.6 Å². The number of aliphatic hydroxyl groups is 1. The van der Waals surface area contributed by atoms with Crippen LogP contribution in [0.5, 0.6) is 0 Å². The molecule has 3 aromatic carbocycles. The van der Waals surface area contributed by atoms with Gasteiger partial charge in [0, 0.05) is 6.04 Å². The summed E-state index contributed by atoms with van der Waals surface area (Å²) in [7, 11) is 0. The smallest absolute Gasteiger partial charge is 0.0952 e. The first-order chi connectivity index (χ1) is 12.7. The molecule has 0 aromatic heterocycles. The van der Waals surface area contributed by atoms with Gasteiger partial charge >= 0.3 is 0 Å². The summed E-state index contributed by atoms with van der Waals surface area (Å²) in [5.41, 5.74) is 9.45. The number of rotatable bonds is 4. The van der Waals surface area contributed by atoms with Crippen LogP contribution in [-0.2, 0) is 11.3 Å². The van der Waals surface area contributed by atoms with Gasteiger partial charge in [-0.05, 0) is 52.8 Å². The molecule has 0 heterocycles. The topological polar surface area (TPSA) is 55.5 Å². The van der Waals surface area contributed by atoms with E-state index >= 15 is 0 Å². The molecular weight excluding hydrogens is 358 g/mol. The van der Waals surface area contributed by atoms with E-state index in [1.165, 1.54) is 21.9 Å². The van der Waals surface area contributed by atoms with Gasteiger partial charge in [0.1, 0.15) is 0 Å². The number of hydrogen-bond acceptors (Lipinski definition) is 3. The molecule has 3 nitrogen and oxygen atoms in total. The lowest BCUT2D eigenvalue weighted by molar-refractivity contribution is -0.0740. The highest BCUT2D eigenvalue weighted by Gasteiger charge is 2.29. The first kappa shape index (κ1) is 19.8. The Bertz CT molecular complexity index is 881. The van der Waals surface area contributed by atoms with Gasteiger partial charge in [-0.15, -0.1) is 12.4 Å². The van der Waals surface area contributed by atoms with E-state index in [9.17, 15) is 5.11 Å². The lowest BCUT2D eigenvalue weighted by atomic mass is 9.90. The Morgan fingerprint density at radius 2 is 1.59 bits per heavy atom. The van der Waals surface area contributed by atoms with Crippen LogP contribution in [0.3, 0.4) is 0 Å². The van der Waals surface area contributed by atoms with Gasteiger partial charge in [0.25, 0.3) is 0 Å². The fourth-order valence-electron chi connectivity index (χ4n) is 3.72. The van der Waals surface area contributed by atoms with Gasteiger partial charge in [0.15, 0.2) is 0 Å². The SMILES string of the molecule is Cl.NC1CCCC(OCc2ccc(-c3ccc4ccccc4c3)cc2)C1O. The number of fused-ring (bicyclic) bond motifs is 1. The molecule has 3 atom stereocenters. The fraction of sp³-hybridized carbons (Fsp3) is 0.304. The van der Waals surface area contributed by atoms with Crippen molar-refractivity contribution in [2.45, 2.75) is 44.1 Å². The minimum absolute atomic E-state index is 0. The first-order valence-electron chi connectivity index (χ1n) is 9.34. The third kappa shape index (κ3) is 4.50. The van der Waals surface area contributed by atoms with Crippen molar-refractivity contribution in [2.75, 3.05) is 0 Å². The van der Waals surface area contributed by atoms with Crippen molar-refractivity contribution in [3.8, 4) is 11.1 Å². The van der Waals surface area contributed by atoms with Crippen molar-refractivity contribution < 1.29 is 9.84 Å². The zero-order valence-electron chi connectivity index (χ0n) is 15.3. The van der Waals surface area contributed by atoms with Crippen LogP contribution in [0, 0.1) is 0 Å². The van der Waals surface area contributed by atoms with Crippen molar-refractivity contribution in [1.29, 1.82) is 0 Å². The van der Waals surface area contributed by atoms with Gasteiger partial charge in [-0.3, -0.25) is 0 Å². The molecular formula is C23H26ClNO2. The first-order valence-corrected chi connectivity index (χ1v) is 9.34. The molecule has 0 amide bonds. The average Bonchev–Trinajstić information content (AvgIpc) is 2.69. The third-order valence-electron chi connectivity index (χ3n) is 5.35. The van der Waals surface area contributed by atoms with E-state index in [2.05, 4.69) is 66.7 Å². The highest BCUT2D eigenvalue weighted by Crippen LogP contribution is 2.26. The Balaban J connectivity index is 0.00000210. The van der Waals surface area contributed by atoms with Crippen LogP contribution in [0.4, 0.5) is 0 Å². The molecule has 27 heavy (non-hydrogen) atoms. The molecule has 0 aliphatic heterocycles. The van der Waals surface area contributed by atoms with E-state index in [1.807, 2.05) is 0 Å². The molecule has 3 aromatic rings. The average molecular weight is 384 g/mol. The summed E-state index contributed by atoms with van der Waals surface area (Å²) < 4.78 is 5.92. The zero-order chi connectivity index (χ0) is 17.9. The van der Waals surface area contributed by atoms with Crippen LogP contribution < -0.4 is 5.73 Å². The molecule has 142 valence electrons. The van der Waals surface area contributed by atoms with Crippen molar-refractivity contribution >= 4 is 23.2 Å². The van der Waals surface area contributed by atoms with Gasteiger partial charge in [-0.25, -0.2) is 0 Å². The maximum absolute atomic E-state index is 10.1. The quantitative estimate of drug-likeness (QED) is 0.687. The Hall–Kier alpha value is -1.91. The molecule has 1 aliphatic carbocycles. The molecule has 1 saturated carbocycles. The largest absolute Gasteiger partial charge is 0.389 e. The lowest BCUT2D eigenvalue weighted by Gasteiger charge is -2.32.